The molecule has 4 aromatic heterocycles. The van der Waals surface area contributed by atoms with Crippen LogP contribution in [0.1, 0.15) is 38.8 Å². The molecule has 0 aliphatic carbocycles. The fraction of sp³-hybridized carbons (Fsp3) is 0.0750. The Morgan fingerprint density at radius 3 is 1.27 bits per heavy atom. The van der Waals surface area contributed by atoms with Crippen LogP contribution in [0.15, 0.2) is 247 Å². The van der Waals surface area contributed by atoms with Gasteiger partial charge in [-0.2, -0.15) is 10.5 Å². The molecule has 1 aliphatic rings. The van der Waals surface area contributed by atoms with E-state index in [1.807, 2.05) is 115 Å². The van der Waals surface area contributed by atoms with E-state index in [-0.39, 0.29) is 0 Å². The predicted molar refractivity (Wildman–Crippen MR) is 379 cm³/mol. The molecule has 5 heterocycles. The van der Waals surface area contributed by atoms with E-state index in [1.165, 1.54) is 11.1 Å². The van der Waals surface area contributed by atoms with Gasteiger partial charge < -0.3 is 9.31 Å². The first kappa shape index (κ1) is 57.0. The van der Waals surface area contributed by atoms with Crippen LogP contribution in [-0.2, 0) is 9.31 Å². The van der Waals surface area contributed by atoms with Gasteiger partial charge in [0.1, 0.15) is 11.3 Å². The molecule has 17 rings (SSSR count). The third-order valence-corrected chi connectivity index (χ3v) is 18.7. The van der Waals surface area contributed by atoms with E-state index < -0.39 is 18.3 Å². The lowest BCUT2D eigenvalue weighted by Gasteiger charge is -2.32. The number of imidazole rings is 2. The number of hydrogen-bond donors (Lipinski definition) is 0. The summed E-state index contributed by atoms with van der Waals surface area (Å²) in [5.74, 6) is 0. The number of nitriles is 2. The Morgan fingerprint density at radius 1 is 0.402 bits per heavy atom. The Labute approximate surface area is 538 Å². The number of nitrogens with zero attached hydrogens (tertiary/aromatic N) is 8. The van der Waals surface area contributed by atoms with Gasteiger partial charge in [0.2, 0.25) is 0 Å². The highest BCUT2D eigenvalue weighted by Gasteiger charge is 2.51. The Bertz CT molecular complexity index is 5910. The van der Waals surface area contributed by atoms with Crippen LogP contribution in [-0.4, -0.2) is 37.1 Å². The smallest absolute Gasteiger partial charge is 0.399 e. The first-order valence-corrected chi connectivity index (χ1v) is 30.9. The highest BCUT2D eigenvalue weighted by molar-refractivity contribution is 9.10. The lowest BCUT2D eigenvalue weighted by molar-refractivity contribution is 0.00578. The van der Waals surface area contributed by atoms with Gasteiger partial charge >= 0.3 is 7.12 Å². The molecule has 0 radical (unpaired) electrons. The monoisotopic (exact) mass is 1250 g/mol. The van der Waals surface area contributed by atoms with Crippen LogP contribution >= 0.6 is 15.9 Å². The van der Waals surface area contributed by atoms with Crippen LogP contribution in [0.5, 0.6) is 0 Å². The fourth-order valence-corrected chi connectivity index (χ4v) is 12.9. The second-order valence-electron chi connectivity index (χ2n) is 24.2. The normalized spacial score (nSPS) is 13.3. The van der Waals surface area contributed by atoms with Gasteiger partial charge in [0.05, 0.1) is 69.7 Å². The number of fused-ring (bicyclic) bond motifs is 18. The molecule has 0 bridgehead atoms. The minimum absolute atomic E-state index is 0.399. The lowest BCUT2D eigenvalue weighted by atomic mass is 9.78. The zero-order chi connectivity index (χ0) is 63.0. The van der Waals surface area contributed by atoms with Crippen molar-refractivity contribution in [1.82, 2.24) is 18.8 Å². The van der Waals surface area contributed by atoms with Crippen molar-refractivity contribution in [2.75, 3.05) is 0 Å². The average molecular weight is 1250 g/mol. The topological polar surface area (TPSA) is 109 Å². The van der Waals surface area contributed by atoms with E-state index in [4.69, 9.17) is 37.7 Å². The molecule has 0 amide bonds. The molecule has 0 atom stereocenters. The SMILES string of the molecule is N#Cc1ccc2cc(-c3ccc(Br)cc3)ccc2c1.[C-]#[N+]c1ccc2c3cc(-c4ccc(-c5ccc6cc(C#N)ccc6c5)cc4)ccc3c3nc4ccccc4n3c2c1.[C-]#[N+]c1ccc2c3cc(B4OC(C)(C)C(C)(C)O4)ccc3c3nc4ccccc4n3c2c1. The molecule has 1 aliphatic heterocycles. The maximum absolute atomic E-state index is 9.19. The van der Waals surface area contributed by atoms with Crippen molar-refractivity contribution in [3.05, 3.63) is 281 Å². The zero-order valence-electron chi connectivity index (χ0n) is 50.4. The number of aromatic nitrogens is 4. The second-order valence-corrected chi connectivity index (χ2v) is 25.1. The van der Waals surface area contributed by atoms with Crippen LogP contribution in [0.25, 0.3) is 141 Å². The summed E-state index contributed by atoms with van der Waals surface area (Å²) in [4.78, 5) is 17.3. The first-order chi connectivity index (χ1) is 44.7. The summed E-state index contributed by atoms with van der Waals surface area (Å²) in [6.45, 7) is 23.3. The highest BCUT2D eigenvalue weighted by atomic mass is 79.9. The summed E-state index contributed by atoms with van der Waals surface area (Å²) in [5.41, 5.74) is 17.4. The molecule has 0 unspecified atom stereocenters. The first-order valence-electron chi connectivity index (χ1n) is 30.1. The molecule has 92 heavy (non-hydrogen) atoms. The molecule has 10 nitrogen and oxygen atoms in total. The standard InChI is InChI=1S/C37H20N4.C26H22BN3O2.C17H10BrN/c1-39-30-15-17-31-33-20-29(14-16-32(33)37-40-34-4-2-3-5-35(34)41(37)36(31)21-30)25-10-8-24(9-11-25)27-13-12-26-18-23(22-38)6-7-28(26)19-27;1-25(2)26(3,4)32-27(31-25)16-10-12-19-20(14-16)18-13-11-17(28-5)15-23(18)30-22-9-7-6-8-21(22)29-24(19)30;18-17-7-5-13(6-8-17)15-4-3-14-9-12(11-19)1-2-16(14)10-15/h2-21H;6-15H,1-4H3;1-10H. The summed E-state index contributed by atoms with van der Waals surface area (Å²) in [6, 6.07) is 86.5. The van der Waals surface area contributed by atoms with E-state index in [0.29, 0.717) is 22.5 Å². The molecule has 16 aromatic rings. The van der Waals surface area contributed by atoms with Gasteiger partial charge in [-0.1, -0.05) is 162 Å². The molecule has 0 saturated carbocycles. The molecule has 12 aromatic carbocycles. The molecule has 12 heteroatoms. The number of benzene rings is 12. The fourth-order valence-electron chi connectivity index (χ4n) is 12.6. The van der Waals surface area contributed by atoms with Crippen molar-refractivity contribution in [2.24, 2.45) is 0 Å². The molecule has 1 saturated heterocycles. The minimum atomic E-state index is -0.433. The number of pyridine rings is 2. The van der Waals surface area contributed by atoms with Crippen molar-refractivity contribution < 1.29 is 9.31 Å². The largest absolute Gasteiger partial charge is 0.494 e. The van der Waals surface area contributed by atoms with E-state index in [1.54, 1.807) is 0 Å². The van der Waals surface area contributed by atoms with Crippen LogP contribution in [0, 0.1) is 35.8 Å². The van der Waals surface area contributed by atoms with E-state index >= 15 is 0 Å². The van der Waals surface area contributed by atoms with Crippen molar-refractivity contribution in [3.8, 4) is 45.5 Å². The van der Waals surface area contributed by atoms with E-state index in [2.05, 4.69) is 202 Å². The van der Waals surface area contributed by atoms with Gasteiger partial charge in [-0.05, 0) is 196 Å². The molecule has 1 fully saturated rings. The van der Waals surface area contributed by atoms with Crippen molar-refractivity contribution in [2.45, 2.75) is 38.9 Å². The molecule has 434 valence electrons. The summed E-state index contributed by atoms with van der Waals surface area (Å²) in [7, 11) is -0.433. The van der Waals surface area contributed by atoms with E-state index in [0.717, 1.165) is 130 Å². The van der Waals surface area contributed by atoms with Crippen LogP contribution < -0.4 is 5.46 Å². The van der Waals surface area contributed by atoms with Gasteiger partial charge in [-0.25, -0.2) is 19.7 Å². The Hall–Kier alpha value is -11.5. The summed E-state index contributed by atoms with van der Waals surface area (Å²) >= 11 is 3.44. The summed E-state index contributed by atoms with van der Waals surface area (Å²) in [6.07, 6.45) is 0. The predicted octanol–water partition coefficient (Wildman–Crippen LogP) is 20.5. The summed E-state index contributed by atoms with van der Waals surface area (Å²) in [5, 5.41) is 29.0. The Balaban J connectivity index is 0.000000122. The van der Waals surface area contributed by atoms with Gasteiger partial charge in [0, 0.05) is 37.1 Å². The van der Waals surface area contributed by atoms with E-state index in [9.17, 15) is 5.26 Å². The molecule has 0 N–H and O–H groups in total. The van der Waals surface area contributed by atoms with Crippen molar-refractivity contribution in [3.63, 3.8) is 0 Å². The second kappa shape index (κ2) is 22.5. The van der Waals surface area contributed by atoms with Gasteiger partial charge in [-0.3, -0.25) is 8.80 Å². The van der Waals surface area contributed by atoms with Crippen LogP contribution in [0.2, 0.25) is 0 Å². The average Bonchev–Trinajstić information content (AvgIpc) is 1.50. The van der Waals surface area contributed by atoms with Gasteiger partial charge in [-0.15, -0.1) is 0 Å². The minimum Gasteiger partial charge on any atom is -0.399 e. The van der Waals surface area contributed by atoms with Crippen LogP contribution in [0.3, 0.4) is 0 Å². The van der Waals surface area contributed by atoms with Gasteiger partial charge in [0.25, 0.3) is 0 Å². The third-order valence-electron chi connectivity index (χ3n) is 18.1. The highest BCUT2D eigenvalue weighted by Crippen LogP contribution is 2.41. The number of rotatable bonds is 4. The Kier molecular flexibility index (Phi) is 14.0. The zero-order valence-corrected chi connectivity index (χ0v) is 52.0. The molecular weight excluding hydrogens is 1200 g/mol. The number of para-hydroxylation sites is 4. The number of hydrogen-bond acceptors (Lipinski definition) is 6. The maximum Gasteiger partial charge on any atom is 0.494 e. The van der Waals surface area contributed by atoms with Crippen molar-refractivity contribution >= 4 is 138 Å². The summed E-state index contributed by atoms with van der Waals surface area (Å²) < 4.78 is 18.0. The quantitative estimate of drug-likeness (QED) is 0.0986. The molecular formula is C80H52BBrN8O2. The lowest BCUT2D eigenvalue weighted by Crippen LogP contribution is -2.41. The van der Waals surface area contributed by atoms with Crippen molar-refractivity contribution in [1.29, 1.82) is 10.5 Å². The molecule has 0 spiro atoms. The number of halogens is 1. The maximum atomic E-state index is 9.19. The third kappa shape index (κ3) is 9.97. The van der Waals surface area contributed by atoms with Gasteiger partial charge in [0.15, 0.2) is 11.4 Å². The Morgan fingerprint density at radius 2 is 0.793 bits per heavy atom. The van der Waals surface area contributed by atoms with Crippen LogP contribution in [0.4, 0.5) is 11.4 Å².